The minimum atomic E-state index is 0.176. The molecule has 2 rings (SSSR count). The van der Waals surface area contributed by atoms with Crippen LogP contribution in [0.2, 0.25) is 0 Å². The quantitative estimate of drug-likeness (QED) is 0.858. The second-order valence-electron chi connectivity index (χ2n) is 4.59. The van der Waals surface area contributed by atoms with E-state index in [4.69, 9.17) is 5.73 Å². The largest absolute Gasteiger partial charge is 0.329 e. The van der Waals surface area contributed by atoms with Crippen LogP contribution in [0, 0.1) is 0 Å². The molecule has 0 aromatic heterocycles. The molecule has 4 heteroatoms. The van der Waals surface area contributed by atoms with Crippen molar-refractivity contribution in [3.63, 3.8) is 0 Å². The standard InChI is InChI=1S/C14H21N3O/c1-2-12-5-3-4-6-13(12)17-10-9-16(8-7-15)11-14(17)18/h3-6H,2,7-11,15H2,1H3. The number of amides is 1. The normalized spacial score (nSPS) is 17.2. The zero-order valence-electron chi connectivity index (χ0n) is 10.9. The molecule has 0 saturated carbocycles. The Labute approximate surface area is 108 Å². The highest BCUT2D eigenvalue weighted by molar-refractivity contribution is 5.96. The Hall–Kier alpha value is -1.39. The van der Waals surface area contributed by atoms with Gasteiger partial charge in [0.15, 0.2) is 0 Å². The van der Waals surface area contributed by atoms with Gasteiger partial charge in [0.1, 0.15) is 0 Å². The fraction of sp³-hybridized carbons (Fsp3) is 0.500. The van der Waals surface area contributed by atoms with E-state index < -0.39 is 0 Å². The number of carbonyl (C=O) groups is 1. The fourth-order valence-corrected chi connectivity index (χ4v) is 2.42. The van der Waals surface area contributed by atoms with Gasteiger partial charge in [0.25, 0.3) is 0 Å². The summed E-state index contributed by atoms with van der Waals surface area (Å²) >= 11 is 0. The number of anilines is 1. The Bertz CT molecular complexity index is 419. The van der Waals surface area contributed by atoms with Crippen LogP contribution in [0.15, 0.2) is 24.3 Å². The number of carbonyl (C=O) groups excluding carboxylic acids is 1. The number of hydrogen-bond acceptors (Lipinski definition) is 3. The van der Waals surface area contributed by atoms with Crippen molar-refractivity contribution in [1.82, 2.24) is 4.90 Å². The highest BCUT2D eigenvalue weighted by Gasteiger charge is 2.25. The summed E-state index contributed by atoms with van der Waals surface area (Å²) in [4.78, 5) is 16.2. The Morgan fingerprint density at radius 1 is 1.28 bits per heavy atom. The van der Waals surface area contributed by atoms with Crippen molar-refractivity contribution in [2.75, 3.05) is 37.6 Å². The van der Waals surface area contributed by atoms with E-state index in [-0.39, 0.29) is 5.91 Å². The average Bonchev–Trinajstić information content (AvgIpc) is 2.39. The summed E-state index contributed by atoms with van der Waals surface area (Å²) in [7, 11) is 0. The molecule has 1 heterocycles. The zero-order chi connectivity index (χ0) is 13.0. The number of benzene rings is 1. The molecule has 0 bridgehead atoms. The summed E-state index contributed by atoms with van der Waals surface area (Å²) in [6.07, 6.45) is 0.951. The number of hydrogen-bond donors (Lipinski definition) is 1. The smallest absolute Gasteiger partial charge is 0.241 e. The molecule has 1 fully saturated rings. The van der Waals surface area contributed by atoms with Crippen LogP contribution in [0.25, 0.3) is 0 Å². The van der Waals surface area contributed by atoms with Crippen molar-refractivity contribution in [2.24, 2.45) is 5.73 Å². The summed E-state index contributed by atoms with van der Waals surface area (Å²) in [6, 6.07) is 8.15. The van der Waals surface area contributed by atoms with E-state index in [0.717, 1.165) is 31.7 Å². The molecule has 0 spiro atoms. The van der Waals surface area contributed by atoms with Gasteiger partial charge >= 0.3 is 0 Å². The second kappa shape index (κ2) is 5.98. The summed E-state index contributed by atoms with van der Waals surface area (Å²) in [5.74, 6) is 0.176. The molecule has 1 saturated heterocycles. The third-order valence-corrected chi connectivity index (χ3v) is 3.41. The molecule has 0 radical (unpaired) electrons. The molecule has 0 aliphatic carbocycles. The highest BCUT2D eigenvalue weighted by Crippen LogP contribution is 2.22. The number of rotatable bonds is 4. The first-order chi connectivity index (χ1) is 8.76. The monoisotopic (exact) mass is 247 g/mol. The molecule has 1 aliphatic rings. The van der Waals surface area contributed by atoms with Gasteiger partial charge in [-0.1, -0.05) is 25.1 Å². The molecular formula is C14H21N3O. The molecule has 0 atom stereocenters. The molecule has 1 aromatic rings. The molecule has 2 N–H and O–H groups in total. The van der Waals surface area contributed by atoms with Crippen LogP contribution < -0.4 is 10.6 Å². The summed E-state index contributed by atoms with van der Waals surface area (Å²) < 4.78 is 0. The highest BCUT2D eigenvalue weighted by atomic mass is 16.2. The molecule has 1 amide bonds. The van der Waals surface area contributed by atoms with Crippen molar-refractivity contribution in [1.29, 1.82) is 0 Å². The molecule has 18 heavy (non-hydrogen) atoms. The lowest BCUT2D eigenvalue weighted by Gasteiger charge is -2.35. The Kier molecular flexibility index (Phi) is 4.33. The minimum absolute atomic E-state index is 0.176. The third-order valence-electron chi connectivity index (χ3n) is 3.41. The second-order valence-corrected chi connectivity index (χ2v) is 4.59. The van der Waals surface area contributed by atoms with E-state index in [1.54, 1.807) is 0 Å². The van der Waals surface area contributed by atoms with Crippen LogP contribution in [0.3, 0.4) is 0 Å². The van der Waals surface area contributed by atoms with Gasteiger partial charge in [-0.25, -0.2) is 0 Å². The van der Waals surface area contributed by atoms with Crippen molar-refractivity contribution >= 4 is 11.6 Å². The van der Waals surface area contributed by atoms with Crippen LogP contribution in [0.4, 0.5) is 5.69 Å². The lowest BCUT2D eigenvalue weighted by atomic mass is 10.1. The van der Waals surface area contributed by atoms with Gasteiger partial charge in [-0.3, -0.25) is 9.69 Å². The number of para-hydroxylation sites is 1. The number of piperazine rings is 1. The predicted octanol–water partition coefficient (Wildman–Crippen LogP) is 0.856. The molecule has 1 aromatic carbocycles. The number of nitrogens with two attached hydrogens (primary N) is 1. The van der Waals surface area contributed by atoms with E-state index in [2.05, 4.69) is 17.9 Å². The topological polar surface area (TPSA) is 49.6 Å². The first-order valence-corrected chi connectivity index (χ1v) is 6.57. The first-order valence-electron chi connectivity index (χ1n) is 6.57. The molecule has 1 aliphatic heterocycles. The zero-order valence-corrected chi connectivity index (χ0v) is 10.9. The number of aryl methyl sites for hydroxylation is 1. The molecule has 0 unspecified atom stereocenters. The molecule has 4 nitrogen and oxygen atoms in total. The fourth-order valence-electron chi connectivity index (χ4n) is 2.42. The lowest BCUT2D eigenvalue weighted by molar-refractivity contribution is -0.121. The first kappa shape index (κ1) is 13.1. The van der Waals surface area contributed by atoms with Gasteiger partial charge in [-0.2, -0.15) is 0 Å². The van der Waals surface area contributed by atoms with Gasteiger partial charge in [-0.15, -0.1) is 0 Å². The van der Waals surface area contributed by atoms with Gasteiger partial charge < -0.3 is 10.6 Å². The van der Waals surface area contributed by atoms with Crippen LogP contribution in [0.5, 0.6) is 0 Å². The van der Waals surface area contributed by atoms with Gasteiger partial charge in [-0.05, 0) is 18.1 Å². The van der Waals surface area contributed by atoms with E-state index in [0.29, 0.717) is 13.1 Å². The molecule has 98 valence electrons. The van der Waals surface area contributed by atoms with E-state index in [9.17, 15) is 4.79 Å². The summed E-state index contributed by atoms with van der Waals surface area (Å²) in [5.41, 5.74) is 7.83. The van der Waals surface area contributed by atoms with Crippen LogP contribution in [-0.2, 0) is 11.2 Å². The Morgan fingerprint density at radius 2 is 2.06 bits per heavy atom. The maximum absolute atomic E-state index is 12.2. The number of nitrogens with zero attached hydrogens (tertiary/aromatic N) is 2. The van der Waals surface area contributed by atoms with E-state index >= 15 is 0 Å². The van der Waals surface area contributed by atoms with Crippen LogP contribution >= 0.6 is 0 Å². The predicted molar refractivity (Wildman–Crippen MR) is 73.7 cm³/mol. The minimum Gasteiger partial charge on any atom is -0.329 e. The molecular weight excluding hydrogens is 226 g/mol. The van der Waals surface area contributed by atoms with E-state index in [1.807, 2.05) is 23.1 Å². The van der Waals surface area contributed by atoms with Crippen molar-refractivity contribution < 1.29 is 4.79 Å². The SMILES string of the molecule is CCc1ccccc1N1CCN(CCN)CC1=O. The Morgan fingerprint density at radius 3 is 2.72 bits per heavy atom. The average molecular weight is 247 g/mol. The van der Waals surface area contributed by atoms with Crippen molar-refractivity contribution in [3.8, 4) is 0 Å². The van der Waals surface area contributed by atoms with Crippen LogP contribution in [-0.4, -0.2) is 43.5 Å². The van der Waals surface area contributed by atoms with Crippen LogP contribution in [0.1, 0.15) is 12.5 Å². The van der Waals surface area contributed by atoms with Gasteiger partial charge in [0.2, 0.25) is 5.91 Å². The van der Waals surface area contributed by atoms with Crippen molar-refractivity contribution in [2.45, 2.75) is 13.3 Å². The van der Waals surface area contributed by atoms with Crippen molar-refractivity contribution in [3.05, 3.63) is 29.8 Å². The Balaban J connectivity index is 2.13. The lowest BCUT2D eigenvalue weighted by Crippen LogP contribution is -2.51. The third kappa shape index (κ3) is 2.71. The maximum atomic E-state index is 12.2. The van der Waals surface area contributed by atoms with E-state index in [1.165, 1.54) is 5.56 Å². The summed E-state index contributed by atoms with van der Waals surface area (Å²) in [6.45, 7) is 5.67. The van der Waals surface area contributed by atoms with Gasteiger partial charge in [0.05, 0.1) is 6.54 Å². The maximum Gasteiger partial charge on any atom is 0.241 e. The summed E-state index contributed by atoms with van der Waals surface area (Å²) in [5, 5.41) is 0. The van der Waals surface area contributed by atoms with Gasteiger partial charge in [0, 0.05) is 31.9 Å².